The molecule has 0 spiro atoms. The molecule has 0 saturated heterocycles. The minimum Gasteiger partial charge on any atom is -0.462 e. The normalized spacial score (nSPS) is 13.0. The molecule has 0 aliphatic carbocycles. The lowest BCUT2D eigenvalue weighted by atomic mass is 10.1. The fraction of sp³-hybridized carbons (Fsp3) is 0.657. The molecule has 0 radical (unpaired) electrons. The fourth-order valence-electron chi connectivity index (χ4n) is 7.91. The maximum Gasteiger partial charge on any atom is 0.306 e. The second-order valence-electron chi connectivity index (χ2n) is 19.5. The Morgan fingerprint density at radius 2 is 0.562 bits per heavy atom. The van der Waals surface area contributed by atoms with Gasteiger partial charge in [-0.2, -0.15) is 0 Å². The largest absolute Gasteiger partial charge is 0.462 e. The smallest absolute Gasteiger partial charge is 0.306 e. The molecule has 0 rings (SSSR count). The molecular weight excluding hydrogens is 901 g/mol. The molecule has 1 unspecified atom stereocenters. The first-order chi connectivity index (χ1) is 36.0. The minimum absolute atomic E-state index is 0.0914. The Kier molecular flexibility index (Phi) is 56.9. The highest BCUT2D eigenvalue weighted by molar-refractivity contribution is 5.71. The van der Waals surface area contributed by atoms with Crippen LogP contribution in [0.5, 0.6) is 0 Å². The van der Waals surface area contributed by atoms with E-state index >= 15 is 0 Å². The second-order valence-corrected chi connectivity index (χ2v) is 19.5. The molecule has 73 heavy (non-hydrogen) atoms. The van der Waals surface area contributed by atoms with Gasteiger partial charge in [0.2, 0.25) is 0 Å². The third kappa shape index (κ3) is 58.6. The van der Waals surface area contributed by atoms with Crippen LogP contribution in [0.3, 0.4) is 0 Å². The van der Waals surface area contributed by atoms with Crippen molar-refractivity contribution in [1.29, 1.82) is 0 Å². The highest BCUT2D eigenvalue weighted by atomic mass is 16.6. The predicted octanol–water partition coefficient (Wildman–Crippen LogP) is 20.4. The summed E-state index contributed by atoms with van der Waals surface area (Å²) in [4.78, 5) is 38.1. The van der Waals surface area contributed by atoms with Gasteiger partial charge in [-0.15, -0.1) is 0 Å². The van der Waals surface area contributed by atoms with Crippen molar-refractivity contribution >= 4 is 17.9 Å². The Morgan fingerprint density at radius 1 is 0.288 bits per heavy atom. The van der Waals surface area contributed by atoms with Gasteiger partial charge in [0.1, 0.15) is 13.2 Å². The maximum atomic E-state index is 12.8. The molecule has 1 atom stereocenters. The zero-order chi connectivity index (χ0) is 52.9. The standard InChI is InChI=1S/C67H110O6/c1-4-7-10-13-16-19-22-24-26-27-28-29-30-31-32-33-34-35-36-37-38-39-40-41-42-44-45-48-51-54-57-60-66(69)72-63-64(62-71-65(68)59-56-53-50-47-21-18-15-12-9-6-3)73-67(70)61-58-55-52-49-46-43-25-23-20-17-14-11-8-5-2/h7,10,12,14-17,19,23-26,28-29,31-32,34-35,37-38,64H,4-6,8-9,11,13,18,20-22,27,30,33,36,39-63H2,1-3H3/b10-7-,15-12-,17-14-,19-16-,25-23-,26-24-,29-28-,32-31-,35-34-,38-37-. The third-order valence-corrected chi connectivity index (χ3v) is 12.4. The number of unbranched alkanes of at least 4 members (excludes halogenated alkanes) is 22. The number of ether oxygens (including phenoxy) is 3. The van der Waals surface area contributed by atoms with Gasteiger partial charge < -0.3 is 14.2 Å². The van der Waals surface area contributed by atoms with E-state index in [0.29, 0.717) is 19.3 Å². The minimum atomic E-state index is -0.793. The predicted molar refractivity (Wildman–Crippen MR) is 316 cm³/mol. The summed E-state index contributed by atoms with van der Waals surface area (Å²) in [6.07, 6.45) is 83.5. The summed E-state index contributed by atoms with van der Waals surface area (Å²) in [5.41, 5.74) is 0. The summed E-state index contributed by atoms with van der Waals surface area (Å²) in [6, 6.07) is 0. The first-order valence-electron chi connectivity index (χ1n) is 30.0. The summed E-state index contributed by atoms with van der Waals surface area (Å²) in [5.74, 6) is -0.923. The van der Waals surface area contributed by atoms with Crippen molar-refractivity contribution in [2.24, 2.45) is 0 Å². The molecule has 0 aliphatic rings. The molecule has 0 fully saturated rings. The molecule has 0 amide bonds. The molecule has 6 nitrogen and oxygen atoms in total. The zero-order valence-electron chi connectivity index (χ0n) is 47.4. The highest BCUT2D eigenvalue weighted by Gasteiger charge is 2.19. The topological polar surface area (TPSA) is 78.9 Å². The Hall–Kier alpha value is -4.19. The summed E-state index contributed by atoms with van der Waals surface area (Å²) >= 11 is 0. The van der Waals surface area contributed by atoms with Crippen molar-refractivity contribution in [1.82, 2.24) is 0 Å². The molecule has 0 aromatic rings. The Bertz CT molecular complexity index is 1540. The van der Waals surface area contributed by atoms with E-state index in [-0.39, 0.29) is 31.1 Å². The number of hydrogen-bond acceptors (Lipinski definition) is 6. The van der Waals surface area contributed by atoms with Crippen LogP contribution in [0.15, 0.2) is 122 Å². The fourth-order valence-corrected chi connectivity index (χ4v) is 7.91. The van der Waals surface area contributed by atoms with Gasteiger partial charge in [0.15, 0.2) is 6.10 Å². The molecule has 0 saturated carbocycles. The van der Waals surface area contributed by atoms with E-state index in [2.05, 4.69) is 142 Å². The summed E-state index contributed by atoms with van der Waals surface area (Å²) in [7, 11) is 0. The molecule has 0 aromatic carbocycles. The van der Waals surface area contributed by atoms with Crippen LogP contribution in [0.4, 0.5) is 0 Å². The van der Waals surface area contributed by atoms with E-state index in [1.54, 1.807) is 0 Å². The van der Waals surface area contributed by atoms with Gasteiger partial charge in [-0.1, -0.05) is 245 Å². The van der Waals surface area contributed by atoms with E-state index in [4.69, 9.17) is 14.2 Å². The SMILES string of the molecule is CC/C=C\C/C=C\C/C=C\C/C=C\C/C=C\C/C=C\C/C=C\CCCCCCCCCCCC(=O)OCC(COC(=O)CCCCCCC/C=C\CCC)OC(=O)CCCCCCC/C=C\C/C=C\CCCC. The Labute approximate surface area is 450 Å². The summed E-state index contributed by atoms with van der Waals surface area (Å²) < 4.78 is 16.8. The molecule has 414 valence electrons. The Balaban J connectivity index is 4.23. The number of esters is 3. The van der Waals surface area contributed by atoms with Crippen LogP contribution in [0, 0.1) is 0 Å². The lowest BCUT2D eigenvalue weighted by Crippen LogP contribution is -2.30. The number of carbonyl (C=O) groups is 3. The van der Waals surface area contributed by atoms with Crippen molar-refractivity contribution < 1.29 is 28.6 Å². The average Bonchev–Trinajstić information content (AvgIpc) is 3.39. The molecule has 0 heterocycles. The van der Waals surface area contributed by atoms with Gasteiger partial charge in [-0.25, -0.2) is 0 Å². The molecule has 0 bridgehead atoms. The van der Waals surface area contributed by atoms with Crippen LogP contribution in [0.1, 0.15) is 265 Å². The molecule has 0 aliphatic heterocycles. The molecule has 6 heteroatoms. The second kappa shape index (κ2) is 60.4. The van der Waals surface area contributed by atoms with E-state index in [9.17, 15) is 14.4 Å². The first kappa shape index (κ1) is 68.8. The lowest BCUT2D eigenvalue weighted by molar-refractivity contribution is -0.167. The third-order valence-electron chi connectivity index (χ3n) is 12.4. The number of rotatable bonds is 53. The van der Waals surface area contributed by atoms with E-state index < -0.39 is 6.10 Å². The van der Waals surface area contributed by atoms with Crippen LogP contribution >= 0.6 is 0 Å². The van der Waals surface area contributed by atoms with Gasteiger partial charge in [0.05, 0.1) is 0 Å². The van der Waals surface area contributed by atoms with Crippen molar-refractivity contribution in [2.75, 3.05) is 13.2 Å². The summed E-state index contributed by atoms with van der Waals surface area (Å²) in [6.45, 7) is 6.39. The van der Waals surface area contributed by atoms with Gasteiger partial charge >= 0.3 is 17.9 Å². The molecule has 0 N–H and O–H groups in total. The molecular formula is C67H110O6. The lowest BCUT2D eigenvalue weighted by Gasteiger charge is -2.18. The van der Waals surface area contributed by atoms with Crippen molar-refractivity contribution in [3.05, 3.63) is 122 Å². The van der Waals surface area contributed by atoms with Gasteiger partial charge in [0.25, 0.3) is 0 Å². The van der Waals surface area contributed by atoms with Crippen molar-refractivity contribution in [3.8, 4) is 0 Å². The van der Waals surface area contributed by atoms with Gasteiger partial charge in [-0.3, -0.25) is 14.4 Å². The van der Waals surface area contributed by atoms with Crippen molar-refractivity contribution in [2.45, 2.75) is 271 Å². The first-order valence-corrected chi connectivity index (χ1v) is 30.0. The monoisotopic (exact) mass is 1010 g/mol. The van der Waals surface area contributed by atoms with Crippen LogP contribution < -0.4 is 0 Å². The zero-order valence-corrected chi connectivity index (χ0v) is 47.4. The van der Waals surface area contributed by atoms with E-state index in [1.807, 2.05) is 0 Å². The maximum absolute atomic E-state index is 12.8. The quantitative estimate of drug-likeness (QED) is 0.0261. The number of carbonyl (C=O) groups excluding carboxylic acids is 3. The van der Waals surface area contributed by atoms with Gasteiger partial charge in [0, 0.05) is 19.3 Å². The van der Waals surface area contributed by atoms with Crippen LogP contribution in [0.25, 0.3) is 0 Å². The Morgan fingerprint density at radius 3 is 0.904 bits per heavy atom. The number of hydrogen-bond donors (Lipinski definition) is 0. The average molecular weight is 1010 g/mol. The van der Waals surface area contributed by atoms with E-state index in [0.717, 1.165) is 154 Å². The van der Waals surface area contributed by atoms with Crippen LogP contribution in [-0.2, 0) is 28.6 Å². The van der Waals surface area contributed by atoms with Crippen LogP contribution in [-0.4, -0.2) is 37.2 Å². The van der Waals surface area contributed by atoms with Gasteiger partial charge in [-0.05, 0) is 122 Å². The number of allylic oxidation sites excluding steroid dienone is 20. The summed E-state index contributed by atoms with van der Waals surface area (Å²) in [5, 5.41) is 0. The van der Waals surface area contributed by atoms with E-state index in [1.165, 1.54) is 70.6 Å². The highest BCUT2D eigenvalue weighted by Crippen LogP contribution is 2.14. The molecule has 0 aromatic heterocycles. The van der Waals surface area contributed by atoms with Crippen molar-refractivity contribution in [3.63, 3.8) is 0 Å². The van der Waals surface area contributed by atoms with Crippen LogP contribution in [0.2, 0.25) is 0 Å².